The molecule has 0 saturated heterocycles. The van der Waals surface area contributed by atoms with E-state index in [1.165, 1.54) is 0 Å². The maximum atomic E-state index is 12.6. The highest BCUT2D eigenvalue weighted by atomic mass is 35.5. The van der Waals surface area contributed by atoms with Crippen molar-refractivity contribution in [1.82, 2.24) is 10.6 Å². The van der Waals surface area contributed by atoms with E-state index in [-0.39, 0.29) is 17.7 Å². The van der Waals surface area contributed by atoms with Crippen molar-refractivity contribution in [3.63, 3.8) is 0 Å². The Bertz CT molecular complexity index is 1030. The van der Waals surface area contributed by atoms with Crippen molar-refractivity contribution in [2.45, 2.75) is 19.9 Å². The fourth-order valence-electron chi connectivity index (χ4n) is 3.17. The molecule has 0 heterocycles. The summed E-state index contributed by atoms with van der Waals surface area (Å²) in [5.41, 5.74) is 0.344. The Kier molecular flexibility index (Phi) is 7.31. The second-order valence-corrected chi connectivity index (χ2v) is 7.70. The quantitative estimate of drug-likeness (QED) is 0.525. The zero-order valence-corrected chi connectivity index (χ0v) is 17.8. The first-order chi connectivity index (χ1) is 14.5. The normalized spacial score (nSPS) is 11.9. The molecule has 1 unspecified atom stereocenters. The molecule has 2 amide bonds. The molecule has 2 N–H and O–H groups in total. The van der Waals surface area contributed by atoms with Crippen LogP contribution in [0.5, 0.6) is 5.75 Å². The van der Waals surface area contributed by atoms with Gasteiger partial charge >= 0.3 is 0 Å². The molecule has 0 saturated carbocycles. The number of carbonyl (C=O) groups is 2. The summed E-state index contributed by atoms with van der Waals surface area (Å²) < 4.78 is 5.86. The molecule has 3 aromatic rings. The van der Waals surface area contributed by atoms with Crippen LogP contribution in [0.4, 0.5) is 0 Å². The van der Waals surface area contributed by atoms with Gasteiger partial charge in [-0.2, -0.15) is 0 Å². The molecule has 1 atom stereocenters. The van der Waals surface area contributed by atoms with Crippen LogP contribution in [0.15, 0.2) is 66.7 Å². The van der Waals surface area contributed by atoms with E-state index in [0.29, 0.717) is 23.7 Å². The lowest BCUT2D eigenvalue weighted by Crippen LogP contribution is -2.50. The van der Waals surface area contributed by atoms with Crippen LogP contribution in [0.1, 0.15) is 24.2 Å². The van der Waals surface area contributed by atoms with Crippen molar-refractivity contribution in [3.8, 4) is 5.75 Å². The van der Waals surface area contributed by atoms with Crippen LogP contribution in [-0.4, -0.2) is 31.0 Å². The number of hydrogen-bond acceptors (Lipinski definition) is 3. The van der Waals surface area contributed by atoms with Gasteiger partial charge < -0.3 is 15.4 Å². The summed E-state index contributed by atoms with van der Waals surface area (Å²) in [7, 11) is 0. The Hall–Kier alpha value is -3.05. The summed E-state index contributed by atoms with van der Waals surface area (Å²) in [6, 6.07) is 19.9. The van der Waals surface area contributed by atoms with Crippen molar-refractivity contribution in [2.24, 2.45) is 5.92 Å². The first-order valence-corrected chi connectivity index (χ1v) is 10.3. The van der Waals surface area contributed by atoms with Gasteiger partial charge in [0.1, 0.15) is 18.4 Å². The predicted octanol–water partition coefficient (Wildman–Crippen LogP) is 4.44. The average Bonchev–Trinajstić information content (AvgIpc) is 2.75. The summed E-state index contributed by atoms with van der Waals surface area (Å²) in [6.07, 6.45) is 0. The zero-order chi connectivity index (χ0) is 21.5. The molecule has 0 aliphatic heterocycles. The number of carbonyl (C=O) groups excluding carboxylic acids is 2. The molecule has 0 bridgehead atoms. The van der Waals surface area contributed by atoms with Crippen LogP contribution < -0.4 is 15.4 Å². The highest BCUT2D eigenvalue weighted by molar-refractivity contribution is 6.33. The Morgan fingerprint density at radius 2 is 1.67 bits per heavy atom. The second-order valence-electron chi connectivity index (χ2n) is 7.29. The van der Waals surface area contributed by atoms with Gasteiger partial charge in [0.05, 0.1) is 17.1 Å². The maximum absolute atomic E-state index is 12.6. The topological polar surface area (TPSA) is 67.4 Å². The SMILES string of the molecule is CC(C)C(NC(=O)c1ccccc1Cl)C(=O)NCCOc1cccc2ccccc12. The minimum absolute atomic E-state index is 0.0876. The monoisotopic (exact) mass is 424 g/mol. The molecule has 0 aliphatic rings. The van der Waals surface area contributed by atoms with Gasteiger partial charge in [-0.3, -0.25) is 9.59 Å². The maximum Gasteiger partial charge on any atom is 0.253 e. The van der Waals surface area contributed by atoms with Gasteiger partial charge in [-0.15, -0.1) is 0 Å². The first kappa shape index (κ1) is 21.7. The molecule has 5 nitrogen and oxygen atoms in total. The number of fused-ring (bicyclic) bond motifs is 1. The number of benzene rings is 3. The second kappa shape index (κ2) is 10.1. The third kappa shape index (κ3) is 5.30. The largest absolute Gasteiger partial charge is 0.491 e. The summed E-state index contributed by atoms with van der Waals surface area (Å²) in [6.45, 7) is 4.41. The van der Waals surface area contributed by atoms with Crippen molar-refractivity contribution < 1.29 is 14.3 Å². The predicted molar refractivity (Wildman–Crippen MR) is 120 cm³/mol. The van der Waals surface area contributed by atoms with Crippen molar-refractivity contribution >= 4 is 34.2 Å². The van der Waals surface area contributed by atoms with Crippen molar-refractivity contribution in [3.05, 3.63) is 77.3 Å². The van der Waals surface area contributed by atoms with E-state index >= 15 is 0 Å². The van der Waals surface area contributed by atoms with Gasteiger partial charge in [-0.1, -0.05) is 74.0 Å². The third-order valence-electron chi connectivity index (χ3n) is 4.76. The van der Waals surface area contributed by atoms with Crippen LogP contribution >= 0.6 is 11.6 Å². The summed E-state index contributed by atoms with van der Waals surface area (Å²) >= 11 is 6.09. The Morgan fingerprint density at radius 3 is 2.43 bits per heavy atom. The molecule has 3 rings (SSSR count). The molecule has 0 aliphatic carbocycles. The van der Waals surface area contributed by atoms with Gasteiger partial charge in [0, 0.05) is 5.39 Å². The molecule has 3 aromatic carbocycles. The fraction of sp³-hybridized carbons (Fsp3) is 0.250. The molecular formula is C24H25ClN2O3. The highest BCUT2D eigenvalue weighted by Crippen LogP contribution is 2.24. The number of nitrogens with one attached hydrogen (secondary N) is 2. The lowest BCUT2D eigenvalue weighted by atomic mass is 10.0. The minimum Gasteiger partial charge on any atom is -0.491 e. The van der Waals surface area contributed by atoms with E-state index in [9.17, 15) is 9.59 Å². The zero-order valence-electron chi connectivity index (χ0n) is 17.0. The fourth-order valence-corrected chi connectivity index (χ4v) is 3.39. The van der Waals surface area contributed by atoms with Crippen LogP contribution in [0.25, 0.3) is 10.8 Å². The van der Waals surface area contributed by atoms with Gasteiger partial charge in [-0.05, 0) is 29.5 Å². The molecule has 156 valence electrons. The van der Waals surface area contributed by atoms with Gasteiger partial charge in [-0.25, -0.2) is 0 Å². The summed E-state index contributed by atoms with van der Waals surface area (Å²) in [4.78, 5) is 25.2. The number of halogens is 1. The molecule has 6 heteroatoms. The Labute approximate surface area is 181 Å². The minimum atomic E-state index is -0.675. The Morgan fingerprint density at radius 1 is 0.967 bits per heavy atom. The molecular weight excluding hydrogens is 400 g/mol. The average molecular weight is 425 g/mol. The highest BCUT2D eigenvalue weighted by Gasteiger charge is 2.25. The van der Waals surface area contributed by atoms with Gasteiger partial charge in [0.25, 0.3) is 5.91 Å². The van der Waals surface area contributed by atoms with E-state index < -0.39 is 6.04 Å². The third-order valence-corrected chi connectivity index (χ3v) is 5.09. The van der Waals surface area contributed by atoms with Gasteiger partial charge in [0.2, 0.25) is 5.91 Å². The lowest BCUT2D eigenvalue weighted by Gasteiger charge is -2.22. The number of amides is 2. The molecule has 30 heavy (non-hydrogen) atoms. The van der Waals surface area contributed by atoms with Gasteiger partial charge in [0.15, 0.2) is 0 Å². The van der Waals surface area contributed by atoms with Crippen LogP contribution in [0.2, 0.25) is 5.02 Å². The van der Waals surface area contributed by atoms with E-state index in [4.69, 9.17) is 16.3 Å². The number of rotatable bonds is 8. The standard InChI is InChI=1S/C24H25ClN2O3/c1-16(2)22(27-23(28)19-11-5-6-12-20(19)25)24(29)26-14-15-30-21-13-7-9-17-8-3-4-10-18(17)21/h3-13,16,22H,14-15H2,1-2H3,(H,26,29)(H,27,28). The molecule has 0 fully saturated rings. The number of hydrogen-bond donors (Lipinski definition) is 2. The van der Waals surface area contributed by atoms with E-state index in [2.05, 4.69) is 10.6 Å². The van der Waals surface area contributed by atoms with Crippen LogP contribution in [-0.2, 0) is 4.79 Å². The lowest BCUT2D eigenvalue weighted by molar-refractivity contribution is -0.124. The molecule has 0 radical (unpaired) electrons. The van der Waals surface area contributed by atoms with Crippen molar-refractivity contribution in [1.29, 1.82) is 0 Å². The molecule has 0 aromatic heterocycles. The van der Waals surface area contributed by atoms with E-state index in [1.807, 2.05) is 56.3 Å². The van der Waals surface area contributed by atoms with Crippen LogP contribution in [0.3, 0.4) is 0 Å². The Balaban J connectivity index is 1.55. The summed E-state index contributed by atoms with van der Waals surface area (Å²) in [5.74, 6) is 0.0542. The van der Waals surface area contributed by atoms with E-state index in [0.717, 1.165) is 16.5 Å². The van der Waals surface area contributed by atoms with E-state index in [1.54, 1.807) is 24.3 Å². The number of ether oxygens (including phenoxy) is 1. The first-order valence-electron chi connectivity index (χ1n) is 9.91. The smallest absolute Gasteiger partial charge is 0.253 e. The van der Waals surface area contributed by atoms with Crippen LogP contribution in [0, 0.1) is 5.92 Å². The molecule has 0 spiro atoms. The van der Waals surface area contributed by atoms with Crippen molar-refractivity contribution in [2.75, 3.05) is 13.2 Å². The summed E-state index contributed by atoms with van der Waals surface area (Å²) in [5, 5.41) is 8.10.